The highest BCUT2D eigenvalue weighted by molar-refractivity contribution is 5.73. The first kappa shape index (κ1) is 49.3. The molecule has 15 heteroatoms. The fraction of sp³-hybridized carbons (Fsp3) is 0.976. The molecule has 0 aliphatic carbocycles. The molecule has 3 aliphatic rings. The Morgan fingerprint density at radius 2 is 1.61 bits per heavy atom. The number of likely N-dealkylation sites (N-methyl/N-ethyl adjacent to an activating group) is 1. The number of carbonyl (C=O) groups excluding carboxylic acids is 1. The first-order valence-corrected chi connectivity index (χ1v) is 20.9. The Morgan fingerprint density at radius 3 is 2.18 bits per heavy atom. The number of cyclic esters (lactones) is 1. The molecule has 3 fully saturated rings. The number of esters is 1. The van der Waals surface area contributed by atoms with Crippen LogP contribution >= 0.6 is 0 Å². The van der Waals surface area contributed by atoms with Crippen LogP contribution in [0.2, 0.25) is 0 Å². The molecule has 0 amide bonds. The number of hydrogen-bond acceptors (Lipinski definition) is 15. The second kappa shape index (κ2) is 20.0. The number of methoxy groups -OCH3 is 1. The van der Waals surface area contributed by atoms with E-state index in [2.05, 4.69) is 10.6 Å². The summed E-state index contributed by atoms with van der Waals surface area (Å²) in [5, 5.41) is 65.8. The molecule has 3 aliphatic heterocycles. The Labute approximate surface area is 336 Å². The highest BCUT2D eigenvalue weighted by Gasteiger charge is 2.58. The Balaban J connectivity index is 2.16. The number of nitrogens with one attached hydrogen (secondary N) is 2. The minimum Gasteiger partial charge on any atom is -0.459 e. The Hall–Kier alpha value is -1.05. The van der Waals surface area contributed by atoms with Crippen molar-refractivity contribution in [1.82, 2.24) is 15.5 Å². The third-order valence-electron chi connectivity index (χ3n) is 13.0. The number of nitrogens with zero attached hydrogens (tertiary/aromatic N) is 1. The van der Waals surface area contributed by atoms with Crippen LogP contribution in [0, 0.1) is 17.8 Å². The SMILES string of the molecule is CCCNC[C@]1(O)[C@H](C)O[C@@H](O[C@H]2[C@H](C)[C@@H](O[C@@H]3O[C@H](C)C[C@H](N(C)C)[C@H]3O)[C@@](C)(O)C[C@@H](C)CN[C@@H](C)[C@@H](O)[C@](C)(O)[C@H](CC)OC(=O)[C@@H]2C)C[C@@]1(C)OC. The van der Waals surface area contributed by atoms with Gasteiger partial charge in [0.05, 0.1) is 35.9 Å². The molecule has 0 aromatic heterocycles. The highest BCUT2D eigenvalue weighted by atomic mass is 16.7. The third-order valence-corrected chi connectivity index (χ3v) is 13.0. The van der Waals surface area contributed by atoms with E-state index in [1.807, 2.05) is 53.6 Å². The van der Waals surface area contributed by atoms with Gasteiger partial charge in [-0.3, -0.25) is 4.79 Å². The first-order chi connectivity index (χ1) is 25.9. The fourth-order valence-corrected chi connectivity index (χ4v) is 9.21. The maximum absolute atomic E-state index is 14.3. The van der Waals surface area contributed by atoms with Crippen LogP contribution in [-0.2, 0) is 33.2 Å². The minimum atomic E-state index is -1.81. The molecule has 330 valence electrons. The molecule has 3 rings (SSSR count). The van der Waals surface area contributed by atoms with Gasteiger partial charge in [-0.15, -0.1) is 0 Å². The molecule has 18 atom stereocenters. The third kappa shape index (κ3) is 11.0. The van der Waals surface area contributed by atoms with Crippen LogP contribution in [0.3, 0.4) is 0 Å². The zero-order valence-electron chi connectivity index (χ0n) is 36.8. The summed E-state index contributed by atoms with van der Waals surface area (Å²) in [5.41, 5.74) is -5.95. The number of aliphatic hydroxyl groups is 5. The topological polar surface area (TPSA) is 201 Å². The molecule has 0 aromatic carbocycles. The van der Waals surface area contributed by atoms with Gasteiger partial charge >= 0.3 is 5.97 Å². The summed E-state index contributed by atoms with van der Waals surface area (Å²) in [5.74, 6) is -2.66. The van der Waals surface area contributed by atoms with Crippen molar-refractivity contribution in [2.24, 2.45) is 17.8 Å². The summed E-state index contributed by atoms with van der Waals surface area (Å²) in [7, 11) is 5.31. The predicted octanol–water partition coefficient (Wildman–Crippen LogP) is 1.93. The second-order valence-electron chi connectivity index (χ2n) is 18.2. The summed E-state index contributed by atoms with van der Waals surface area (Å²) in [4.78, 5) is 16.2. The van der Waals surface area contributed by atoms with Crippen molar-refractivity contribution in [3.8, 4) is 0 Å². The molecule has 0 bridgehead atoms. The smallest absolute Gasteiger partial charge is 0.311 e. The second-order valence-corrected chi connectivity index (χ2v) is 18.2. The monoisotopic (exact) mass is 806 g/mol. The molecule has 56 heavy (non-hydrogen) atoms. The lowest BCUT2D eigenvalue weighted by Gasteiger charge is -2.53. The molecule has 0 aromatic rings. The van der Waals surface area contributed by atoms with E-state index in [0.29, 0.717) is 19.5 Å². The summed E-state index contributed by atoms with van der Waals surface area (Å²) >= 11 is 0. The fourth-order valence-electron chi connectivity index (χ4n) is 9.21. The van der Waals surface area contributed by atoms with Crippen molar-refractivity contribution in [3.05, 3.63) is 0 Å². The van der Waals surface area contributed by atoms with Crippen LogP contribution in [0.15, 0.2) is 0 Å². The molecule has 3 saturated heterocycles. The van der Waals surface area contributed by atoms with Gasteiger partial charge in [0.2, 0.25) is 0 Å². The number of hydrogen-bond donors (Lipinski definition) is 7. The lowest BCUT2D eigenvalue weighted by Crippen LogP contribution is -2.70. The quantitative estimate of drug-likeness (QED) is 0.118. The Bertz CT molecular complexity index is 1230. The van der Waals surface area contributed by atoms with E-state index in [4.69, 9.17) is 28.4 Å². The van der Waals surface area contributed by atoms with Crippen LogP contribution in [0.1, 0.15) is 108 Å². The normalized spacial score (nSPS) is 47.9. The van der Waals surface area contributed by atoms with Crippen LogP contribution in [0.5, 0.6) is 0 Å². The van der Waals surface area contributed by atoms with E-state index < -0.39 is 95.5 Å². The van der Waals surface area contributed by atoms with E-state index in [1.165, 1.54) is 14.0 Å². The van der Waals surface area contributed by atoms with E-state index >= 15 is 0 Å². The summed E-state index contributed by atoms with van der Waals surface area (Å²) in [6.07, 6.45) is -6.71. The highest BCUT2D eigenvalue weighted by Crippen LogP contribution is 2.43. The summed E-state index contributed by atoms with van der Waals surface area (Å²) in [6, 6.07) is -0.877. The first-order valence-electron chi connectivity index (χ1n) is 20.9. The minimum absolute atomic E-state index is 0.0939. The Kier molecular flexibility index (Phi) is 17.6. The molecule has 7 N–H and O–H groups in total. The van der Waals surface area contributed by atoms with Gasteiger partial charge in [-0.1, -0.05) is 27.7 Å². The van der Waals surface area contributed by atoms with Crippen molar-refractivity contribution in [2.75, 3.05) is 40.8 Å². The Morgan fingerprint density at radius 1 is 0.964 bits per heavy atom. The van der Waals surface area contributed by atoms with Crippen molar-refractivity contribution in [3.63, 3.8) is 0 Å². The molecule has 15 nitrogen and oxygen atoms in total. The lowest BCUT2D eigenvalue weighted by molar-refractivity contribution is -0.336. The molecule has 0 radical (unpaired) electrons. The number of rotatable bonds is 11. The van der Waals surface area contributed by atoms with Gasteiger partial charge in [0.25, 0.3) is 0 Å². The predicted molar refractivity (Wildman–Crippen MR) is 212 cm³/mol. The van der Waals surface area contributed by atoms with Gasteiger partial charge in [-0.25, -0.2) is 0 Å². The molecule has 0 unspecified atom stereocenters. The van der Waals surface area contributed by atoms with E-state index in [0.717, 1.165) is 6.42 Å². The molecule has 3 heterocycles. The number of aliphatic hydroxyl groups excluding tert-OH is 2. The van der Waals surface area contributed by atoms with Crippen LogP contribution < -0.4 is 10.6 Å². The average molecular weight is 806 g/mol. The van der Waals surface area contributed by atoms with Gasteiger partial charge in [0.1, 0.15) is 35.1 Å². The van der Waals surface area contributed by atoms with Crippen molar-refractivity contribution in [2.45, 2.75) is 198 Å². The van der Waals surface area contributed by atoms with E-state index in [9.17, 15) is 30.3 Å². The van der Waals surface area contributed by atoms with Crippen LogP contribution in [0.4, 0.5) is 0 Å². The maximum Gasteiger partial charge on any atom is 0.311 e. The van der Waals surface area contributed by atoms with E-state index in [1.54, 1.807) is 34.6 Å². The largest absolute Gasteiger partial charge is 0.459 e. The lowest BCUT2D eigenvalue weighted by atomic mass is 9.75. The average Bonchev–Trinajstić information content (AvgIpc) is 3.12. The zero-order chi connectivity index (χ0) is 42.6. The van der Waals surface area contributed by atoms with Gasteiger partial charge in [-0.2, -0.15) is 0 Å². The van der Waals surface area contributed by atoms with Gasteiger partial charge in [0.15, 0.2) is 12.6 Å². The van der Waals surface area contributed by atoms with Gasteiger partial charge in [0, 0.05) is 38.1 Å². The summed E-state index contributed by atoms with van der Waals surface area (Å²) < 4.78 is 38.3. The molecule has 0 saturated carbocycles. The van der Waals surface area contributed by atoms with Gasteiger partial charge < -0.3 is 69.5 Å². The van der Waals surface area contributed by atoms with E-state index in [-0.39, 0.29) is 43.9 Å². The van der Waals surface area contributed by atoms with Crippen LogP contribution in [-0.4, -0.2) is 167 Å². The standard InChI is InChI=1S/C41H79N3O12/c1-15-17-42-22-41(50)28(8)53-31(20-39(41,10)51-14)55-33-25(5)35(56-37-32(45)29(44(12)13)18-24(4)52-37)38(9,48)19-23(3)21-43-27(7)34(46)40(11,49)30(16-2)54-36(47)26(33)6/h23-35,37,42-43,45-46,48-50H,15-22H2,1-14H3/t23-,24-,25+,26-,27+,28+,29+,30+,31+,32-,33+,34-,35-,37+,38+,39-,40-,41+/m1/s1. The van der Waals surface area contributed by atoms with Crippen molar-refractivity contribution < 1.29 is 58.7 Å². The summed E-state index contributed by atoms with van der Waals surface area (Å²) in [6.45, 7) is 20.9. The molecular weight excluding hydrogens is 726 g/mol. The van der Waals surface area contributed by atoms with Crippen molar-refractivity contribution in [1.29, 1.82) is 0 Å². The number of carbonyl (C=O) groups is 1. The van der Waals surface area contributed by atoms with Crippen molar-refractivity contribution >= 4 is 5.97 Å². The number of ether oxygens (including phenoxy) is 6. The maximum atomic E-state index is 14.3. The molecular formula is C41H79N3O12. The molecule has 0 spiro atoms. The zero-order valence-corrected chi connectivity index (χ0v) is 36.8. The van der Waals surface area contributed by atoms with Gasteiger partial charge in [-0.05, 0) is 107 Å². The van der Waals surface area contributed by atoms with Crippen LogP contribution in [0.25, 0.3) is 0 Å².